The summed E-state index contributed by atoms with van der Waals surface area (Å²) >= 11 is 1.16. The predicted octanol–water partition coefficient (Wildman–Crippen LogP) is 2.82. The van der Waals surface area contributed by atoms with Crippen LogP contribution in [0.2, 0.25) is 0 Å². The Hall–Kier alpha value is -3.33. The number of aromatic hydroxyl groups is 1. The van der Waals surface area contributed by atoms with Gasteiger partial charge in [-0.2, -0.15) is 0 Å². The van der Waals surface area contributed by atoms with Gasteiger partial charge in [-0.3, -0.25) is 9.59 Å². The Bertz CT molecular complexity index is 959. The average Bonchev–Trinajstić information content (AvgIpc) is 3.01. The second kappa shape index (κ2) is 9.24. The minimum absolute atomic E-state index is 0.0326. The van der Waals surface area contributed by atoms with Crippen LogP contribution in [0.5, 0.6) is 5.75 Å². The number of hydrogen-bond acceptors (Lipinski definition) is 7. The van der Waals surface area contributed by atoms with E-state index in [9.17, 15) is 19.5 Å². The number of esters is 1. The van der Waals surface area contributed by atoms with Gasteiger partial charge in [0.05, 0.1) is 17.9 Å². The quantitative estimate of drug-likeness (QED) is 0.627. The van der Waals surface area contributed by atoms with Gasteiger partial charge in [-0.25, -0.2) is 9.79 Å². The van der Waals surface area contributed by atoms with Gasteiger partial charge in [-0.05, 0) is 43.3 Å². The van der Waals surface area contributed by atoms with E-state index in [1.165, 1.54) is 12.1 Å². The van der Waals surface area contributed by atoms with E-state index < -0.39 is 11.2 Å². The van der Waals surface area contributed by atoms with Crippen LogP contribution < -0.4 is 10.6 Å². The van der Waals surface area contributed by atoms with Gasteiger partial charge in [0, 0.05) is 18.2 Å². The minimum Gasteiger partial charge on any atom is -0.508 e. The number of nitrogens with zero attached hydrogens (tertiary/aromatic N) is 1. The van der Waals surface area contributed by atoms with Gasteiger partial charge in [0.15, 0.2) is 5.17 Å². The number of amides is 2. The molecule has 8 nitrogen and oxygen atoms in total. The monoisotopic (exact) mass is 413 g/mol. The molecule has 0 saturated carbocycles. The molecule has 9 heteroatoms. The zero-order valence-electron chi connectivity index (χ0n) is 15.5. The first-order valence-corrected chi connectivity index (χ1v) is 9.75. The van der Waals surface area contributed by atoms with Crippen molar-refractivity contribution in [1.29, 1.82) is 0 Å². The summed E-state index contributed by atoms with van der Waals surface area (Å²) in [6.45, 7) is 2.01. The lowest BCUT2D eigenvalue weighted by molar-refractivity contribution is -0.122. The van der Waals surface area contributed by atoms with Crippen molar-refractivity contribution in [3.8, 4) is 5.75 Å². The average molecular weight is 413 g/mol. The van der Waals surface area contributed by atoms with Crippen molar-refractivity contribution in [2.75, 3.05) is 11.9 Å². The summed E-state index contributed by atoms with van der Waals surface area (Å²) in [5, 5.41) is 14.6. The molecule has 0 radical (unpaired) electrons. The van der Waals surface area contributed by atoms with Crippen LogP contribution in [0.3, 0.4) is 0 Å². The number of hydrogen-bond donors (Lipinski definition) is 3. The molecule has 3 rings (SSSR count). The predicted molar refractivity (Wildman–Crippen MR) is 110 cm³/mol. The van der Waals surface area contributed by atoms with Crippen molar-refractivity contribution in [1.82, 2.24) is 5.32 Å². The molecule has 1 heterocycles. The van der Waals surface area contributed by atoms with Crippen LogP contribution in [0.25, 0.3) is 0 Å². The Labute approximate surface area is 171 Å². The van der Waals surface area contributed by atoms with Crippen LogP contribution >= 0.6 is 11.8 Å². The number of phenols is 1. The molecule has 0 aromatic heterocycles. The largest absolute Gasteiger partial charge is 0.508 e. The van der Waals surface area contributed by atoms with Gasteiger partial charge >= 0.3 is 5.97 Å². The summed E-state index contributed by atoms with van der Waals surface area (Å²) in [6, 6.07) is 12.7. The Morgan fingerprint density at radius 1 is 1.24 bits per heavy atom. The molecule has 3 N–H and O–H groups in total. The van der Waals surface area contributed by atoms with Crippen LogP contribution in [0, 0.1) is 0 Å². The molecule has 0 bridgehead atoms. The number of benzene rings is 2. The molecule has 1 saturated heterocycles. The number of anilines is 1. The summed E-state index contributed by atoms with van der Waals surface area (Å²) in [5.74, 6) is -0.990. The third-order valence-corrected chi connectivity index (χ3v) is 4.97. The molecule has 150 valence electrons. The topological polar surface area (TPSA) is 117 Å². The Morgan fingerprint density at radius 2 is 2.00 bits per heavy atom. The third-order valence-electron chi connectivity index (χ3n) is 3.89. The van der Waals surface area contributed by atoms with E-state index in [2.05, 4.69) is 15.6 Å². The van der Waals surface area contributed by atoms with Crippen LogP contribution in [0.4, 0.5) is 11.4 Å². The molecule has 0 spiro atoms. The first kappa shape index (κ1) is 20.4. The van der Waals surface area contributed by atoms with Gasteiger partial charge < -0.3 is 20.5 Å². The molecule has 1 fully saturated rings. The molecule has 2 aromatic carbocycles. The maximum Gasteiger partial charge on any atom is 0.338 e. The number of aliphatic imine (C=N–C) groups is 1. The Kier molecular flexibility index (Phi) is 6.50. The molecule has 1 aliphatic rings. The fourth-order valence-corrected chi connectivity index (χ4v) is 3.54. The number of phenolic OH excluding ortho intramolecular Hbond substituents is 1. The zero-order chi connectivity index (χ0) is 20.8. The molecule has 0 unspecified atom stereocenters. The summed E-state index contributed by atoms with van der Waals surface area (Å²) in [7, 11) is 0. The molecular weight excluding hydrogens is 394 g/mol. The van der Waals surface area contributed by atoms with E-state index >= 15 is 0 Å². The second-order valence-electron chi connectivity index (χ2n) is 6.08. The van der Waals surface area contributed by atoms with Crippen molar-refractivity contribution < 1.29 is 24.2 Å². The van der Waals surface area contributed by atoms with Gasteiger partial charge in [0.2, 0.25) is 11.8 Å². The molecule has 1 atom stereocenters. The number of ether oxygens (including phenoxy) is 1. The lowest BCUT2D eigenvalue weighted by atomic mass is 10.2. The molecule has 1 aliphatic heterocycles. The van der Waals surface area contributed by atoms with Gasteiger partial charge in [0.1, 0.15) is 11.0 Å². The number of amidine groups is 1. The normalized spacial score (nSPS) is 17.1. The van der Waals surface area contributed by atoms with E-state index in [1.54, 1.807) is 43.3 Å². The number of carbonyl (C=O) groups excluding carboxylic acids is 3. The first-order chi connectivity index (χ1) is 13.9. The molecule has 29 heavy (non-hydrogen) atoms. The minimum atomic E-state index is -0.607. The van der Waals surface area contributed by atoms with Crippen molar-refractivity contribution in [2.45, 2.75) is 18.6 Å². The van der Waals surface area contributed by atoms with Crippen molar-refractivity contribution in [2.24, 2.45) is 4.99 Å². The smallest absolute Gasteiger partial charge is 0.338 e. The van der Waals surface area contributed by atoms with Crippen molar-refractivity contribution in [3.05, 3.63) is 54.1 Å². The van der Waals surface area contributed by atoms with Crippen LogP contribution in [-0.4, -0.2) is 39.9 Å². The molecular formula is C20H19N3O5S. The Balaban J connectivity index is 1.56. The van der Waals surface area contributed by atoms with E-state index in [0.29, 0.717) is 22.1 Å². The second-order valence-corrected chi connectivity index (χ2v) is 7.27. The summed E-state index contributed by atoms with van der Waals surface area (Å²) < 4.78 is 4.91. The van der Waals surface area contributed by atoms with Crippen LogP contribution in [-0.2, 0) is 14.3 Å². The molecule has 2 amide bonds. The van der Waals surface area contributed by atoms with E-state index in [1.807, 2.05) is 0 Å². The lowest BCUT2D eigenvalue weighted by Gasteiger charge is -2.08. The van der Waals surface area contributed by atoms with Crippen LogP contribution in [0.1, 0.15) is 23.7 Å². The van der Waals surface area contributed by atoms with E-state index in [0.717, 1.165) is 11.8 Å². The number of thioether (sulfide) groups is 1. The highest BCUT2D eigenvalue weighted by Gasteiger charge is 2.32. The highest BCUT2D eigenvalue weighted by molar-refractivity contribution is 8.15. The SMILES string of the molecule is CCOC(=O)c1ccc(NC(=O)C[C@@H]2SC(=Nc3cccc(O)c3)NC2=O)cc1. The molecule has 0 aliphatic carbocycles. The van der Waals surface area contributed by atoms with Gasteiger partial charge in [-0.1, -0.05) is 17.8 Å². The number of nitrogens with one attached hydrogen (secondary N) is 2. The van der Waals surface area contributed by atoms with Gasteiger partial charge in [-0.15, -0.1) is 0 Å². The Morgan fingerprint density at radius 3 is 2.69 bits per heavy atom. The first-order valence-electron chi connectivity index (χ1n) is 8.87. The summed E-state index contributed by atoms with van der Waals surface area (Å²) in [4.78, 5) is 40.3. The number of carbonyl (C=O) groups is 3. The zero-order valence-corrected chi connectivity index (χ0v) is 16.4. The standard InChI is InChI=1S/C20H19N3O5S/c1-2-28-19(27)12-6-8-13(9-7-12)21-17(25)11-16-18(26)23-20(29-16)22-14-4-3-5-15(24)10-14/h3-10,16,24H,2,11H2,1H3,(H,21,25)(H,22,23,26)/t16-/m0/s1. The maximum absolute atomic E-state index is 12.3. The fourth-order valence-electron chi connectivity index (χ4n) is 2.56. The van der Waals surface area contributed by atoms with Crippen molar-refractivity contribution in [3.63, 3.8) is 0 Å². The lowest BCUT2D eigenvalue weighted by Crippen LogP contribution is -2.28. The van der Waals surface area contributed by atoms with Gasteiger partial charge in [0.25, 0.3) is 0 Å². The summed E-state index contributed by atoms with van der Waals surface area (Å²) in [5.41, 5.74) is 1.41. The summed E-state index contributed by atoms with van der Waals surface area (Å²) in [6.07, 6.45) is -0.0326. The number of rotatable bonds is 6. The highest BCUT2D eigenvalue weighted by atomic mass is 32.2. The maximum atomic E-state index is 12.3. The highest BCUT2D eigenvalue weighted by Crippen LogP contribution is 2.26. The third kappa shape index (κ3) is 5.58. The van der Waals surface area contributed by atoms with E-state index in [4.69, 9.17) is 4.74 Å². The fraction of sp³-hybridized carbons (Fsp3) is 0.200. The van der Waals surface area contributed by atoms with E-state index in [-0.39, 0.29) is 30.6 Å². The van der Waals surface area contributed by atoms with Crippen LogP contribution in [0.15, 0.2) is 53.5 Å². The van der Waals surface area contributed by atoms with Crippen molar-refractivity contribution >= 4 is 46.1 Å². The molecule has 2 aromatic rings.